The molecule has 134 valence electrons. The predicted molar refractivity (Wildman–Crippen MR) is 92.0 cm³/mol. The van der Waals surface area contributed by atoms with Gasteiger partial charge in [0.15, 0.2) is 17.3 Å². The molecule has 2 aromatic heterocycles. The molecule has 3 aromatic rings. The van der Waals surface area contributed by atoms with E-state index >= 15 is 0 Å². The van der Waals surface area contributed by atoms with E-state index in [9.17, 15) is 9.90 Å². The van der Waals surface area contributed by atoms with Crippen molar-refractivity contribution in [1.82, 2.24) is 9.78 Å². The minimum atomic E-state index is -0.783. The predicted octanol–water partition coefficient (Wildman–Crippen LogP) is 1.91. The van der Waals surface area contributed by atoms with Crippen LogP contribution in [0.4, 0.5) is 5.82 Å². The summed E-state index contributed by atoms with van der Waals surface area (Å²) in [5.41, 5.74) is 0.560. The molecule has 1 aliphatic heterocycles. The summed E-state index contributed by atoms with van der Waals surface area (Å²) in [5, 5.41) is 16.4. The van der Waals surface area contributed by atoms with Gasteiger partial charge in [-0.25, -0.2) is 4.68 Å². The summed E-state index contributed by atoms with van der Waals surface area (Å²) < 4.78 is 18.1. The highest BCUT2D eigenvalue weighted by molar-refractivity contribution is 5.94. The summed E-state index contributed by atoms with van der Waals surface area (Å²) in [5.74, 6) is 1.80. The summed E-state index contributed by atoms with van der Waals surface area (Å²) in [4.78, 5) is 12.6. The number of furan rings is 1. The average Bonchev–Trinajstić information content (AvgIpc) is 3.32. The molecule has 0 saturated heterocycles. The first kappa shape index (κ1) is 16.2. The number of hydrogen-bond acceptors (Lipinski definition) is 6. The second kappa shape index (κ2) is 6.93. The molecule has 8 nitrogen and oxygen atoms in total. The summed E-state index contributed by atoms with van der Waals surface area (Å²) in [6.07, 6.45) is 0.762. The fourth-order valence-electron chi connectivity index (χ4n) is 2.68. The number of ether oxygens (including phenoxy) is 2. The van der Waals surface area contributed by atoms with Crippen LogP contribution in [0.2, 0.25) is 0 Å². The zero-order chi connectivity index (χ0) is 17.9. The lowest BCUT2D eigenvalue weighted by Gasteiger charge is -2.25. The molecule has 0 bridgehead atoms. The van der Waals surface area contributed by atoms with Gasteiger partial charge < -0.3 is 24.3 Å². The van der Waals surface area contributed by atoms with Gasteiger partial charge in [0.25, 0.3) is 5.91 Å². The monoisotopic (exact) mass is 355 g/mol. The number of anilines is 1. The molecule has 4 rings (SSSR count). The van der Waals surface area contributed by atoms with Crippen LogP contribution in [-0.4, -0.2) is 40.1 Å². The van der Waals surface area contributed by atoms with E-state index in [4.69, 9.17) is 13.9 Å². The van der Waals surface area contributed by atoms with Crippen molar-refractivity contribution in [3.8, 4) is 23.0 Å². The molecule has 1 aromatic carbocycles. The van der Waals surface area contributed by atoms with E-state index in [2.05, 4.69) is 10.4 Å². The zero-order valence-corrected chi connectivity index (χ0v) is 13.8. The number of benzene rings is 1. The molecule has 2 N–H and O–H groups in total. The summed E-state index contributed by atoms with van der Waals surface area (Å²) >= 11 is 0. The quantitative estimate of drug-likeness (QED) is 0.725. The van der Waals surface area contributed by atoms with E-state index in [1.165, 1.54) is 4.68 Å². The van der Waals surface area contributed by atoms with Crippen LogP contribution < -0.4 is 14.8 Å². The number of fused-ring (bicyclic) bond motifs is 1. The maximum Gasteiger partial charge on any atom is 0.270 e. The number of nitrogens with one attached hydrogen (secondary N) is 1. The van der Waals surface area contributed by atoms with E-state index in [0.29, 0.717) is 28.8 Å². The second-order valence-electron chi connectivity index (χ2n) is 5.69. The highest BCUT2D eigenvalue weighted by atomic mass is 16.6. The van der Waals surface area contributed by atoms with Crippen LogP contribution in [0.3, 0.4) is 0 Å². The van der Waals surface area contributed by atoms with Gasteiger partial charge in [-0.2, -0.15) is 5.10 Å². The van der Waals surface area contributed by atoms with E-state index < -0.39 is 6.10 Å². The van der Waals surface area contributed by atoms with Crippen molar-refractivity contribution in [1.29, 1.82) is 0 Å². The molecule has 8 heteroatoms. The molecular weight excluding hydrogens is 338 g/mol. The van der Waals surface area contributed by atoms with Crippen LogP contribution in [0.25, 0.3) is 11.5 Å². The molecule has 1 aliphatic rings. The maximum atomic E-state index is 12.6. The third kappa shape index (κ3) is 3.14. The number of carbonyl (C=O) groups excluding carboxylic acids is 1. The third-order valence-electron chi connectivity index (χ3n) is 3.92. The molecule has 1 amide bonds. The van der Waals surface area contributed by atoms with Crippen LogP contribution in [0.1, 0.15) is 0 Å². The van der Waals surface area contributed by atoms with Crippen LogP contribution >= 0.6 is 0 Å². The third-order valence-corrected chi connectivity index (χ3v) is 3.92. The Morgan fingerprint density at radius 3 is 2.88 bits per heavy atom. The highest BCUT2D eigenvalue weighted by Crippen LogP contribution is 2.31. The molecule has 0 radical (unpaired) electrons. The fourth-order valence-corrected chi connectivity index (χ4v) is 2.68. The molecule has 0 unspecified atom stereocenters. The van der Waals surface area contributed by atoms with E-state index in [1.807, 2.05) is 12.1 Å². The summed E-state index contributed by atoms with van der Waals surface area (Å²) in [6, 6.07) is 12.4. The lowest BCUT2D eigenvalue weighted by Crippen LogP contribution is -2.40. The van der Waals surface area contributed by atoms with Crippen molar-refractivity contribution in [2.75, 3.05) is 18.5 Å². The van der Waals surface area contributed by atoms with Gasteiger partial charge in [-0.15, -0.1) is 0 Å². The van der Waals surface area contributed by atoms with Gasteiger partial charge in [0, 0.05) is 6.07 Å². The smallest absolute Gasteiger partial charge is 0.270 e. The van der Waals surface area contributed by atoms with Crippen LogP contribution in [0, 0.1) is 0 Å². The molecule has 0 fully saturated rings. The van der Waals surface area contributed by atoms with E-state index in [-0.39, 0.29) is 25.7 Å². The standard InChI is InChI=1S/C18H17N3O5/c22-8-7-21-17(10-12(20-21)13-6-3-9-24-13)19-18(23)16-11-25-14-4-1-2-5-15(14)26-16/h1-6,9-10,16,22H,7-8,11H2,(H,19,23)/t16-/m0/s1. The van der Waals surface area contributed by atoms with Gasteiger partial charge in [0.2, 0.25) is 6.10 Å². The summed E-state index contributed by atoms with van der Waals surface area (Å²) in [6.45, 7) is 0.238. The van der Waals surface area contributed by atoms with Crippen molar-refractivity contribution in [2.45, 2.75) is 12.6 Å². The Bertz CT molecular complexity index is 903. The van der Waals surface area contributed by atoms with Gasteiger partial charge in [0.05, 0.1) is 19.4 Å². The number of aliphatic hydroxyl groups is 1. The number of para-hydroxylation sites is 2. The molecule has 0 aliphatic carbocycles. The molecule has 26 heavy (non-hydrogen) atoms. The number of carbonyl (C=O) groups is 1. The SMILES string of the molecule is O=C(Nc1cc(-c2ccco2)nn1CCO)[C@@H]1COc2ccccc2O1. The number of rotatable bonds is 5. The van der Waals surface area contributed by atoms with Gasteiger partial charge in [-0.1, -0.05) is 12.1 Å². The Hall–Kier alpha value is -3.26. The molecule has 0 saturated carbocycles. The Labute approximate surface area is 148 Å². The highest BCUT2D eigenvalue weighted by Gasteiger charge is 2.28. The van der Waals surface area contributed by atoms with E-state index in [0.717, 1.165) is 0 Å². The Morgan fingerprint density at radius 2 is 2.12 bits per heavy atom. The summed E-state index contributed by atoms with van der Waals surface area (Å²) in [7, 11) is 0. The normalized spacial score (nSPS) is 15.7. The maximum absolute atomic E-state index is 12.6. The second-order valence-corrected chi connectivity index (χ2v) is 5.69. The first-order chi connectivity index (χ1) is 12.7. The van der Waals surface area contributed by atoms with Crippen molar-refractivity contribution in [3.05, 3.63) is 48.7 Å². The lowest BCUT2D eigenvalue weighted by molar-refractivity contribution is -0.125. The minimum Gasteiger partial charge on any atom is -0.485 e. The van der Waals surface area contributed by atoms with Gasteiger partial charge >= 0.3 is 0 Å². The minimum absolute atomic E-state index is 0.113. The molecular formula is C18H17N3O5. The fraction of sp³-hybridized carbons (Fsp3) is 0.222. The van der Waals surface area contributed by atoms with Crippen LogP contribution in [0.15, 0.2) is 53.1 Å². The van der Waals surface area contributed by atoms with Crippen molar-refractivity contribution >= 4 is 11.7 Å². The Balaban J connectivity index is 1.52. The topological polar surface area (TPSA) is 98.8 Å². The average molecular weight is 355 g/mol. The van der Waals surface area contributed by atoms with Crippen molar-refractivity contribution in [3.63, 3.8) is 0 Å². The first-order valence-corrected chi connectivity index (χ1v) is 8.16. The molecule has 1 atom stereocenters. The van der Waals surface area contributed by atoms with Crippen molar-refractivity contribution in [2.24, 2.45) is 0 Å². The van der Waals surface area contributed by atoms with Gasteiger partial charge in [-0.05, 0) is 24.3 Å². The largest absolute Gasteiger partial charge is 0.485 e. The number of hydrogen-bond donors (Lipinski definition) is 2. The Kier molecular flexibility index (Phi) is 4.32. The van der Waals surface area contributed by atoms with Gasteiger partial charge in [-0.3, -0.25) is 4.79 Å². The number of aliphatic hydroxyl groups excluding tert-OH is 1. The molecule has 3 heterocycles. The van der Waals surface area contributed by atoms with E-state index in [1.54, 1.807) is 36.6 Å². The Morgan fingerprint density at radius 1 is 1.27 bits per heavy atom. The number of aromatic nitrogens is 2. The van der Waals surface area contributed by atoms with Crippen molar-refractivity contribution < 1.29 is 23.8 Å². The first-order valence-electron chi connectivity index (χ1n) is 8.16. The van der Waals surface area contributed by atoms with Crippen LogP contribution in [0.5, 0.6) is 11.5 Å². The number of amides is 1. The lowest BCUT2D eigenvalue weighted by atomic mass is 10.2. The van der Waals surface area contributed by atoms with Gasteiger partial charge in [0.1, 0.15) is 18.1 Å². The van der Waals surface area contributed by atoms with Crippen LogP contribution in [-0.2, 0) is 11.3 Å². The number of nitrogens with zero attached hydrogens (tertiary/aromatic N) is 2. The zero-order valence-electron chi connectivity index (χ0n) is 13.8. The molecule has 0 spiro atoms.